The van der Waals surface area contributed by atoms with Gasteiger partial charge in [-0.25, -0.2) is 0 Å². The van der Waals surface area contributed by atoms with Gasteiger partial charge < -0.3 is 25.4 Å². The van der Waals surface area contributed by atoms with Crippen LogP contribution < -0.4 is 20.7 Å². The Morgan fingerprint density at radius 2 is 2.03 bits per heavy atom. The Labute approximate surface area is 182 Å². The van der Waals surface area contributed by atoms with E-state index in [4.69, 9.17) is 9.47 Å². The number of anilines is 2. The molecular weight excluding hydrogens is 394 g/mol. The summed E-state index contributed by atoms with van der Waals surface area (Å²) in [7, 11) is 0. The molecule has 1 atom stereocenters. The minimum Gasteiger partial charge on any atom is -0.487 e. The molecule has 0 aromatic heterocycles. The fourth-order valence-electron chi connectivity index (χ4n) is 3.16. The van der Waals surface area contributed by atoms with Gasteiger partial charge in [0.15, 0.2) is 0 Å². The third-order valence-electron chi connectivity index (χ3n) is 4.73. The van der Waals surface area contributed by atoms with Gasteiger partial charge in [0.2, 0.25) is 5.91 Å². The second-order valence-electron chi connectivity index (χ2n) is 7.57. The van der Waals surface area contributed by atoms with Crippen molar-refractivity contribution < 1.29 is 19.1 Å². The SMILES string of the molecule is C=C(C)COc1ccccc1NC(=O)CNc1cccc(C(=O)NCC2CCCO2)c1. The Morgan fingerprint density at radius 1 is 1.19 bits per heavy atom. The molecule has 31 heavy (non-hydrogen) atoms. The largest absolute Gasteiger partial charge is 0.487 e. The van der Waals surface area contributed by atoms with E-state index in [1.54, 1.807) is 30.3 Å². The highest BCUT2D eigenvalue weighted by molar-refractivity contribution is 5.96. The van der Waals surface area contributed by atoms with Crippen LogP contribution in [-0.2, 0) is 9.53 Å². The Balaban J connectivity index is 1.51. The first kappa shape index (κ1) is 22.4. The normalized spacial score (nSPS) is 15.2. The van der Waals surface area contributed by atoms with Crippen molar-refractivity contribution in [2.24, 2.45) is 0 Å². The molecule has 0 bridgehead atoms. The highest BCUT2D eigenvalue weighted by Gasteiger charge is 2.17. The minimum absolute atomic E-state index is 0.0514. The number of hydrogen-bond acceptors (Lipinski definition) is 5. The standard InChI is InChI=1S/C24H29N3O4/c1-17(2)16-31-22-11-4-3-10-21(22)27-23(28)15-25-19-8-5-7-18(13-19)24(29)26-14-20-9-6-12-30-20/h3-5,7-8,10-11,13,20,25H,1,6,9,12,14-16H2,2H3,(H,26,29)(H,27,28). The molecule has 0 radical (unpaired) electrons. The maximum absolute atomic E-state index is 12.4. The quantitative estimate of drug-likeness (QED) is 0.508. The van der Waals surface area contributed by atoms with Gasteiger partial charge in [-0.1, -0.05) is 24.8 Å². The fourth-order valence-corrected chi connectivity index (χ4v) is 3.16. The average molecular weight is 424 g/mol. The van der Waals surface area contributed by atoms with Gasteiger partial charge in [0.25, 0.3) is 5.91 Å². The number of nitrogens with one attached hydrogen (secondary N) is 3. The molecule has 1 aliphatic heterocycles. The minimum atomic E-state index is -0.223. The molecule has 7 nitrogen and oxygen atoms in total. The molecule has 1 saturated heterocycles. The van der Waals surface area contributed by atoms with Crippen LogP contribution >= 0.6 is 0 Å². The molecule has 0 spiro atoms. The number of carbonyl (C=O) groups excluding carboxylic acids is 2. The highest BCUT2D eigenvalue weighted by atomic mass is 16.5. The number of rotatable bonds is 10. The van der Waals surface area contributed by atoms with Gasteiger partial charge in [0.05, 0.1) is 18.3 Å². The summed E-state index contributed by atoms with van der Waals surface area (Å²) in [6.07, 6.45) is 2.10. The van der Waals surface area contributed by atoms with E-state index in [1.807, 2.05) is 25.1 Å². The van der Waals surface area contributed by atoms with E-state index in [-0.39, 0.29) is 24.5 Å². The Morgan fingerprint density at radius 3 is 2.81 bits per heavy atom. The second-order valence-corrected chi connectivity index (χ2v) is 7.57. The van der Waals surface area contributed by atoms with E-state index >= 15 is 0 Å². The smallest absolute Gasteiger partial charge is 0.251 e. The molecule has 2 amide bonds. The van der Waals surface area contributed by atoms with E-state index < -0.39 is 0 Å². The number of benzene rings is 2. The van der Waals surface area contributed by atoms with Crippen molar-refractivity contribution in [3.63, 3.8) is 0 Å². The molecule has 2 aromatic rings. The summed E-state index contributed by atoms with van der Waals surface area (Å²) in [6, 6.07) is 14.3. The maximum atomic E-state index is 12.4. The zero-order valence-electron chi connectivity index (χ0n) is 17.8. The monoisotopic (exact) mass is 423 g/mol. The van der Waals surface area contributed by atoms with Gasteiger partial charge in [0.1, 0.15) is 12.4 Å². The summed E-state index contributed by atoms with van der Waals surface area (Å²) in [5, 5.41) is 8.80. The van der Waals surface area contributed by atoms with Crippen LogP contribution in [0.25, 0.3) is 0 Å². The van der Waals surface area contributed by atoms with Crippen LogP contribution in [-0.4, -0.2) is 44.2 Å². The van der Waals surface area contributed by atoms with Gasteiger partial charge in [-0.15, -0.1) is 0 Å². The molecule has 7 heteroatoms. The van der Waals surface area contributed by atoms with Crippen LogP contribution in [0.15, 0.2) is 60.7 Å². The Hall–Kier alpha value is -3.32. The molecule has 164 valence electrons. The summed E-state index contributed by atoms with van der Waals surface area (Å²) in [4.78, 5) is 24.8. The molecule has 1 unspecified atom stereocenters. The molecule has 1 aliphatic rings. The number of carbonyl (C=O) groups is 2. The number of para-hydroxylation sites is 2. The molecule has 2 aromatic carbocycles. The van der Waals surface area contributed by atoms with Crippen molar-refractivity contribution in [1.29, 1.82) is 0 Å². The predicted octanol–water partition coefficient (Wildman–Crippen LogP) is 3.60. The lowest BCUT2D eigenvalue weighted by atomic mass is 10.1. The van der Waals surface area contributed by atoms with Crippen LogP contribution in [0.4, 0.5) is 11.4 Å². The van der Waals surface area contributed by atoms with Gasteiger partial charge in [-0.05, 0) is 55.7 Å². The maximum Gasteiger partial charge on any atom is 0.251 e. The summed E-state index contributed by atoms with van der Waals surface area (Å²) < 4.78 is 11.2. The zero-order chi connectivity index (χ0) is 22.1. The molecule has 0 saturated carbocycles. The van der Waals surface area contributed by atoms with Crippen LogP contribution in [0.1, 0.15) is 30.1 Å². The first-order valence-electron chi connectivity index (χ1n) is 10.4. The number of amides is 2. The Kier molecular flexibility index (Phi) is 8.06. The third-order valence-corrected chi connectivity index (χ3v) is 4.73. The first-order chi connectivity index (χ1) is 15.0. The van der Waals surface area contributed by atoms with Crippen molar-refractivity contribution in [3.05, 3.63) is 66.2 Å². The van der Waals surface area contributed by atoms with Crippen molar-refractivity contribution in [2.75, 3.05) is 36.9 Å². The summed E-state index contributed by atoms with van der Waals surface area (Å²) in [6.45, 7) is 7.39. The summed E-state index contributed by atoms with van der Waals surface area (Å²) >= 11 is 0. The van der Waals surface area contributed by atoms with Crippen molar-refractivity contribution >= 4 is 23.2 Å². The summed E-state index contributed by atoms with van der Waals surface area (Å²) in [5.74, 6) is 0.204. The van der Waals surface area contributed by atoms with Gasteiger partial charge in [-0.2, -0.15) is 0 Å². The average Bonchev–Trinajstić information content (AvgIpc) is 3.29. The predicted molar refractivity (Wildman–Crippen MR) is 122 cm³/mol. The van der Waals surface area contributed by atoms with Gasteiger partial charge in [-0.3, -0.25) is 9.59 Å². The zero-order valence-corrected chi connectivity index (χ0v) is 17.8. The first-order valence-corrected chi connectivity index (χ1v) is 10.4. The lowest BCUT2D eigenvalue weighted by molar-refractivity contribution is -0.114. The number of ether oxygens (including phenoxy) is 2. The fraction of sp³-hybridized carbons (Fsp3) is 0.333. The van der Waals surface area contributed by atoms with Crippen LogP contribution in [0.3, 0.4) is 0 Å². The van der Waals surface area contributed by atoms with E-state index in [0.29, 0.717) is 35.8 Å². The van der Waals surface area contributed by atoms with Gasteiger partial charge >= 0.3 is 0 Å². The Bertz CT molecular complexity index is 923. The number of hydrogen-bond donors (Lipinski definition) is 3. The van der Waals surface area contributed by atoms with E-state index in [2.05, 4.69) is 22.5 Å². The lowest BCUT2D eigenvalue weighted by Gasteiger charge is -2.13. The lowest BCUT2D eigenvalue weighted by Crippen LogP contribution is -2.31. The van der Waals surface area contributed by atoms with Crippen LogP contribution in [0, 0.1) is 0 Å². The van der Waals surface area contributed by atoms with Crippen molar-refractivity contribution in [1.82, 2.24) is 5.32 Å². The van der Waals surface area contributed by atoms with E-state index in [0.717, 1.165) is 25.0 Å². The third kappa shape index (κ3) is 7.15. The topological polar surface area (TPSA) is 88.7 Å². The second kappa shape index (κ2) is 11.2. The summed E-state index contributed by atoms with van der Waals surface area (Å²) in [5.41, 5.74) is 2.70. The molecular formula is C24H29N3O4. The van der Waals surface area contributed by atoms with E-state index in [9.17, 15) is 9.59 Å². The van der Waals surface area contributed by atoms with E-state index in [1.165, 1.54) is 0 Å². The van der Waals surface area contributed by atoms with Crippen LogP contribution in [0.5, 0.6) is 5.75 Å². The van der Waals surface area contributed by atoms with Crippen molar-refractivity contribution in [2.45, 2.75) is 25.9 Å². The molecule has 1 heterocycles. The van der Waals surface area contributed by atoms with Gasteiger partial charge in [0, 0.05) is 24.4 Å². The molecule has 3 N–H and O–H groups in total. The molecule has 1 fully saturated rings. The highest BCUT2D eigenvalue weighted by Crippen LogP contribution is 2.24. The molecule has 3 rings (SSSR count). The molecule has 0 aliphatic carbocycles. The van der Waals surface area contributed by atoms with Crippen LogP contribution in [0.2, 0.25) is 0 Å². The van der Waals surface area contributed by atoms with Crippen molar-refractivity contribution in [3.8, 4) is 5.75 Å².